The second-order valence-corrected chi connectivity index (χ2v) is 8.71. The quantitative estimate of drug-likeness (QED) is 0.492. The minimum Gasteiger partial charge on any atom is -0.103 e. The van der Waals surface area contributed by atoms with Crippen LogP contribution in [0.1, 0.15) is 59.3 Å². The molecule has 3 saturated carbocycles. The van der Waals surface area contributed by atoms with Gasteiger partial charge in [0.2, 0.25) is 0 Å². The molecule has 132 valence electrons. The predicted octanol–water partition coefficient (Wildman–Crippen LogP) is 6.97. The highest BCUT2D eigenvalue weighted by molar-refractivity contribution is 5.33. The summed E-state index contributed by atoms with van der Waals surface area (Å²) >= 11 is 0. The fourth-order valence-electron chi connectivity index (χ4n) is 6.63. The summed E-state index contributed by atoms with van der Waals surface area (Å²) in [6.45, 7) is 14.0. The van der Waals surface area contributed by atoms with Crippen LogP contribution in [0.4, 0.5) is 0 Å². The SMILES string of the molecule is C=C/C=C1/C=CC2C(CCC34CC3[C@H](C)CC24)C1CCC.C=CC. The lowest BCUT2D eigenvalue weighted by Gasteiger charge is -2.47. The molecule has 4 aliphatic carbocycles. The third kappa shape index (κ3) is 2.76. The lowest BCUT2D eigenvalue weighted by Crippen LogP contribution is -2.39. The lowest BCUT2D eigenvalue weighted by atomic mass is 9.57. The molecule has 4 aliphatic rings. The summed E-state index contributed by atoms with van der Waals surface area (Å²) in [4.78, 5) is 0. The molecule has 4 rings (SSSR count). The van der Waals surface area contributed by atoms with Crippen molar-refractivity contribution in [2.75, 3.05) is 0 Å². The van der Waals surface area contributed by atoms with Crippen molar-refractivity contribution >= 4 is 0 Å². The van der Waals surface area contributed by atoms with Gasteiger partial charge in [0.1, 0.15) is 0 Å². The van der Waals surface area contributed by atoms with E-state index in [9.17, 15) is 0 Å². The molecular formula is C24H36. The number of rotatable bonds is 3. The molecule has 0 saturated heterocycles. The molecular weight excluding hydrogens is 288 g/mol. The number of hydrogen-bond acceptors (Lipinski definition) is 0. The maximum Gasteiger partial charge on any atom is -0.0128 e. The Morgan fingerprint density at radius 1 is 1.29 bits per heavy atom. The van der Waals surface area contributed by atoms with Gasteiger partial charge in [0.25, 0.3) is 0 Å². The highest BCUT2D eigenvalue weighted by Gasteiger charge is 2.68. The molecule has 0 radical (unpaired) electrons. The van der Waals surface area contributed by atoms with Gasteiger partial charge >= 0.3 is 0 Å². The summed E-state index contributed by atoms with van der Waals surface area (Å²) in [5.74, 6) is 5.70. The summed E-state index contributed by atoms with van der Waals surface area (Å²) in [5.41, 5.74) is 2.35. The van der Waals surface area contributed by atoms with Crippen LogP contribution in [-0.2, 0) is 0 Å². The van der Waals surface area contributed by atoms with Gasteiger partial charge in [-0.3, -0.25) is 0 Å². The van der Waals surface area contributed by atoms with Gasteiger partial charge in [-0.05, 0) is 85.5 Å². The van der Waals surface area contributed by atoms with Crippen molar-refractivity contribution < 1.29 is 0 Å². The molecule has 0 nitrogen and oxygen atoms in total. The van der Waals surface area contributed by atoms with E-state index in [-0.39, 0.29) is 0 Å². The summed E-state index contributed by atoms with van der Waals surface area (Å²) in [5, 5.41) is 0. The standard InChI is InChI=1S/C21H30.C3H6/c1-4-6-15-8-9-18-17(16(15)7-5-2)10-11-21-13-20(21)14(3)12-19(18)21;1-3-2/h4,6,8-9,14,16-20H,1,5,7,10-13H2,2-3H3;3H,1H2,2H3/b15-6-;/t14-,16?,17?,18?,19?,20?,21?;/m1./s1. The van der Waals surface area contributed by atoms with Gasteiger partial charge in [-0.25, -0.2) is 0 Å². The lowest BCUT2D eigenvalue weighted by molar-refractivity contribution is 0.0782. The molecule has 0 heterocycles. The van der Waals surface area contributed by atoms with Crippen molar-refractivity contribution in [3.63, 3.8) is 0 Å². The zero-order valence-corrected chi connectivity index (χ0v) is 16.0. The van der Waals surface area contributed by atoms with Crippen LogP contribution in [0.2, 0.25) is 0 Å². The largest absolute Gasteiger partial charge is 0.103 e. The zero-order chi connectivity index (χ0) is 17.3. The zero-order valence-electron chi connectivity index (χ0n) is 16.0. The van der Waals surface area contributed by atoms with Crippen LogP contribution in [0.3, 0.4) is 0 Å². The Hall–Kier alpha value is -1.04. The van der Waals surface area contributed by atoms with E-state index in [1.54, 1.807) is 18.1 Å². The van der Waals surface area contributed by atoms with Crippen LogP contribution in [-0.4, -0.2) is 0 Å². The molecule has 0 aliphatic heterocycles. The monoisotopic (exact) mass is 324 g/mol. The average Bonchev–Trinajstić information content (AvgIpc) is 3.21. The molecule has 24 heavy (non-hydrogen) atoms. The van der Waals surface area contributed by atoms with E-state index < -0.39 is 0 Å². The van der Waals surface area contributed by atoms with Gasteiger partial charge in [0.15, 0.2) is 0 Å². The Bertz CT molecular complexity index is 536. The van der Waals surface area contributed by atoms with Crippen LogP contribution in [0.15, 0.2) is 49.1 Å². The number of allylic oxidation sites excluding steroid dienone is 6. The summed E-state index contributed by atoms with van der Waals surface area (Å²) in [6.07, 6.45) is 19.8. The Morgan fingerprint density at radius 3 is 2.67 bits per heavy atom. The van der Waals surface area contributed by atoms with Crippen molar-refractivity contribution in [3.05, 3.63) is 49.1 Å². The predicted molar refractivity (Wildman–Crippen MR) is 106 cm³/mol. The Labute approximate surface area is 149 Å². The summed E-state index contributed by atoms with van der Waals surface area (Å²) in [6, 6.07) is 0. The van der Waals surface area contributed by atoms with Gasteiger partial charge < -0.3 is 0 Å². The third-order valence-corrected chi connectivity index (χ3v) is 7.50. The minimum atomic E-state index is 0.793. The molecule has 0 heteroatoms. The van der Waals surface area contributed by atoms with E-state index in [4.69, 9.17) is 0 Å². The first-order valence-electron chi connectivity index (χ1n) is 10.2. The Kier molecular flexibility index (Phi) is 5.23. The highest BCUT2D eigenvalue weighted by atomic mass is 14.7. The molecule has 0 aromatic carbocycles. The molecule has 0 aromatic rings. The second kappa shape index (κ2) is 7.06. The van der Waals surface area contributed by atoms with Gasteiger partial charge in [0.05, 0.1) is 0 Å². The van der Waals surface area contributed by atoms with E-state index in [0.29, 0.717) is 0 Å². The van der Waals surface area contributed by atoms with Gasteiger partial charge in [-0.15, -0.1) is 6.58 Å². The number of fused-ring (bicyclic) bond motifs is 2. The van der Waals surface area contributed by atoms with Crippen molar-refractivity contribution in [1.29, 1.82) is 0 Å². The van der Waals surface area contributed by atoms with E-state index in [0.717, 1.165) is 40.9 Å². The van der Waals surface area contributed by atoms with Crippen molar-refractivity contribution in [1.82, 2.24) is 0 Å². The molecule has 7 atom stereocenters. The number of hydrogen-bond donors (Lipinski definition) is 0. The average molecular weight is 325 g/mol. The first kappa shape index (κ1) is 17.8. The van der Waals surface area contributed by atoms with E-state index in [2.05, 4.69) is 45.2 Å². The topological polar surface area (TPSA) is 0 Å². The summed E-state index contributed by atoms with van der Waals surface area (Å²) in [7, 11) is 0. The van der Waals surface area contributed by atoms with Crippen LogP contribution >= 0.6 is 0 Å². The third-order valence-electron chi connectivity index (χ3n) is 7.50. The van der Waals surface area contributed by atoms with E-state index in [1.165, 1.54) is 32.1 Å². The molecule has 0 aromatic heterocycles. The molecule has 3 fully saturated rings. The van der Waals surface area contributed by atoms with Crippen molar-refractivity contribution in [3.8, 4) is 0 Å². The molecule has 0 bridgehead atoms. The van der Waals surface area contributed by atoms with Crippen LogP contribution < -0.4 is 0 Å². The fourth-order valence-corrected chi connectivity index (χ4v) is 6.63. The van der Waals surface area contributed by atoms with Gasteiger partial charge in [0, 0.05) is 0 Å². The van der Waals surface area contributed by atoms with E-state index >= 15 is 0 Å². The van der Waals surface area contributed by atoms with Crippen LogP contribution in [0.5, 0.6) is 0 Å². The smallest absolute Gasteiger partial charge is 0.0128 e. The first-order valence-corrected chi connectivity index (χ1v) is 10.2. The van der Waals surface area contributed by atoms with Crippen LogP contribution in [0.25, 0.3) is 0 Å². The van der Waals surface area contributed by atoms with Gasteiger partial charge in [-0.1, -0.05) is 57.2 Å². The first-order chi connectivity index (χ1) is 11.6. The fraction of sp³-hybridized carbons (Fsp3) is 0.667. The second-order valence-electron chi connectivity index (χ2n) is 8.71. The van der Waals surface area contributed by atoms with Crippen LogP contribution in [0, 0.1) is 40.9 Å². The van der Waals surface area contributed by atoms with Gasteiger partial charge in [-0.2, -0.15) is 0 Å². The minimum absolute atomic E-state index is 0.793. The highest BCUT2D eigenvalue weighted by Crippen LogP contribution is 2.76. The maximum atomic E-state index is 3.92. The molecule has 1 spiro atoms. The molecule has 0 N–H and O–H groups in total. The molecule has 0 amide bonds. The van der Waals surface area contributed by atoms with E-state index in [1.807, 2.05) is 13.0 Å². The summed E-state index contributed by atoms with van der Waals surface area (Å²) < 4.78 is 0. The Morgan fingerprint density at radius 2 is 2.04 bits per heavy atom. The Balaban J connectivity index is 0.000000526. The van der Waals surface area contributed by atoms with Crippen molar-refractivity contribution in [2.24, 2.45) is 40.9 Å². The normalized spacial score (nSPS) is 46.2. The maximum absolute atomic E-state index is 3.92. The van der Waals surface area contributed by atoms with Crippen molar-refractivity contribution in [2.45, 2.75) is 59.3 Å². The molecule has 6 unspecified atom stereocenters.